The smallest absolute Gasteiger partial charge is 0.216 e. The molecule has 2 aliphatic rings. The predicted molar refractivity (Wildman–Crippen MR) is 51.1 cm³/mol. The quantitative estimate of drug-likeness (QED) is 0.718. The van der Waals surface area contributed by atoms with Gasteiger partial charge in [0, 0.05) is 12.6 Å². The Morgan fingerprint density at radius 3 is 2.77 bits per heavy atom. The largest absolute Gasteiger partial charge is 0.308 e. The average molecular weight is 200 g/mol. The van der Waals surface area contributed by atoms with Crippen LogP contribution >= 0.6 is 0 Å². The topological polar surface area (TPSA) is 58.5 Å². The molecule has 0 aromatic rings. The van der Waals surface area contributed by atoms with E-state index in [9.17, 15) is 8.42 Å². The van der Waals surface area contributed by atoms with Crippen molar-refractivity contribution in [2.45, 2.75) is 25.8 Å². The molecule has 0 amide bonds. The van der Waals surface area contributed by atoms with Gasteiger partial charge in [-0.3, -0.25) is 0 Å². The van der Waals surface area contributed by atoms with Crippen LogP contribution in [-0.4, -0.2) is 26.0 Å². The number of aliphatic imine (C=N–C) groups is 1. The second kappa shape index (κ2) is 2.92. The fourth-order valence-corrected chi connectivity index (χ4v) is 2.43. The van der Waals surface area contributed by atoms with E-state index in [-0.39, 0.29) is 5.04 Å². The van der Waals surface area contributed by atoms with E-state index in [1.807, 2.05) is 0 Å². The fourth-order valence-electron chi connectivity index (χ4n) is 1.24. The van der Waals surface area contributed by atoms with Gasteiger partial charge in [0.05, 0.1) is 11.1 Å². The van der Waals surface area contributed by atoms with E-state index in [0.29, 0.717) is 18.3 Å². The number of allylic oxidation sites excluding steroid dienone is 1. The first-order valence-electron chi connectivity index (χ1n) is 4.32. The zero-order valence-corrected chi connectivity index (χ0v) is 8.26. The first kappa shape index (κ1) is 8.90. The molecular weight excluding hydrogens is 188 g/mol. The van der Waals surface area contributed by atoms with E-state index in [1.165, 1.54) is 5.41 Å². The molecule has 0 spiro atoms. The lowest BCUT2D eigenvalue weighted by molar-refractivity contribution is 0.614. The third-order valence-corrected chi connectivity index (χ3v) is 3.62. The van der Waals surface area contributed by atoms with Crippen molar-refractivity contribution in [3.63, 3.8) is 0 Å². The van der Waals surface area contributed by atoms with Crippen molar-refractivity contribution in [3.8, 4) is 0 Å². The summed E-state index contributed by atoms with van der Waals surface area (Å²) in [5.41, 5.74) is 0.576. The highest BCUT2D eigenvalue weighted by atomic mass is 32.2. The third kappa shape index (κ3) is 1.97. The number of nitrogens with one attached hydrogen (secondary N) is 1. The maximum Gasteiger partial charge on any atom is 0.216 e. The van der Waals surface area contributed by atoms with Gasteiger partial charge in [-0.25, -0.2) is 13.4 Å². The second-order valence-electron chi connectivity index (χ2n) is 3.46. The van der Waals surface area contributed by atoms with Crippen molar-refractivity contribution in [2.24, 2.45) is 4.99 Å². The van der Waals surface area contributed by atoms with Gasteiger partial charge in [-0.05, 0) is 19.8 Å². The zero-order chi connectivity index (χ0) is 9.47. The highest BCUT2D eigenvalue weighted by molar-refractivity contribution is 8.09. The van der Waals surface area contributed by atoms with Crippen molar-refractivity contribution < 1.29 is 8.42 Å². The second-order valence-corrected chi connectivity index (χ2v) is 5.26. The van der Waals surface area contributed by atoms with Crippen LogP contribution in [0.4, 0.5) is 0 Å². The number of rotatable bonds is 3. The molecule has 0 radical (unpaired) electrons. The first-order valence-corrected chi connectivity index (χ1v) is 5.87. The Balaban J connectivity index is 2.03. The molecule has 0 bridgehead atoms. The molecule has 5 heteroatoms. The van der Waals surface area contributed by atoms with Crippen LogP contribution in [0, 0.1) is 0 Å². The van der Waals surface area contributed by atoms with E-state index in [2.05, 4.69) is 10.3 Å². The van der Waals surface area contributed by atoms with Gasteiger partial charge in [0.15, 0.2) is 5.04 Å². The third-order valence-electron chi connectivity index (χ3n) is 2.07. The molecule has 2 rings (SSSR count). The van der Waals surface area contributed by atoms with Gasteiger partial charge in [-0.1, -0.05) is 0 Å². The number of hydrogen-bond acceptors (Lipinski definition) is 4. The molecule has 0 unspecified atom stereocenters. The van der Waals surface area contributed by atoms with Gasteiger partial charge in [-0.15, -0.1) is 0 Å². The summed E-state index contributed by atoms with van der Waals surface area (Å²) in [5.74, 6) is 0. The van der Waals surface area contributed by atoms with Crippen molar-refractivity contribution in [1.82, 2.24) is 5.32 Å². The molecule has 1 saturated carbocycles. The first-order chi connectivity index (χ1) is 6.08. The molecule has 0 atom stereocenters. The van der Waals surface area contributed by atoms with Crippen LogP contribution in [0.5, 0.6) is 0 Å². The van der Waals surface area contributed by atoms with E-state index in [1.54, 1.807) is 6.92 Å². The monoisotopic (exact) mass is 200 g/mol. The Kier molecular flexibility index (Phi) is 2.00. The van der Waals surface area contributed by atoms with E-state index in [4.69, 9.17) is 0 Å². The minimum atomic E-state index is -3.18. The maximum absolute atomic E-state index is 11.4. The summed E-state index contributed by atoms with van der Waals surface area (Å²) < 4.78 is 22.7. The summed E-state index contributed by atoms with van der Waals surface area (Å²) in [6.45, 7) is 2.07. The van der Waals surface area contributed by atoms with Gasteiger partial charge in [0.25, 0.3) is 0 Å². The van der Waals surface area contributed by atoms with Crippen LogP contribution in [0.15, 0.2) is 16.1 Å². The summed E-state index contributed by atoms with van der Waals surface area (Å²) in [4.78, 5) is 3.97. The molecule has 4 nitrogen and oxygen atoms in total. The normalized spacial score (nSPS) is 25.6. The summed E-state index contributed by atoms with van der Waals surface area (Å²) in [6.07, 6.45) is 2.31. The summed E-state index contributed by atoms with van der Waals surface area (Å²) in [7, 11) is -3.18. The van der Waals surface area contributed by atoms with Crippen molar-refractivity contribution in [2.75, 3.05) is 6.54 Å². The van der Waals surface area contributed by atoms with Gasteiger partial charge in [0.2, 0.25) is 9.84 Å². The molecule has 0 saturated heterocycles. The summed E-state index contributed by atoms with van der Waals surface area (Å²) >= 11 is 0. The summed E-state index contributed by atoms with van der Waals surface area (Å²) in [5, 5.41) is 4.61. The van der Waals surface area contributed by atoms with Crippen LogP contribution in [0.3, 0.4) is 0 Å². The average Bonchev–Trinajstić information content (AvgIpc) is 2.75. The van der Waals surface area contributed by atoms with E-state index in [0.717, 1.165) is 12.8 Å². The van der Waals surface area contributed by atoms with Crippen molar-refractivity contribution >= 4 is 14.9 Å². The zero-order valence-electron chi connectivity index (χ0n) is 7.45. The lowest BCUT2D eigenvalue weighted by Gasteiger charge is -2.00. The molecule has 0 aromatic carbocycles. The van der Waals surface area contributed by atoms with Gasteiger partial charge in [0.1, 0.15) is 0 Å². The van der Waals surface area contributed by atoms with Crippen molar-refractivity contribution in [1.29, 1.82) is 0 Å². The minimum absolute atomic E-state index is 0.261. The number of nitrogens with zero attached hydrogens (tertiary/aromatic N) is 1. The molecule has 1 N–H and O–H groups in total. The SMILES string of the molecule is CC1=CS(=O)(=O)C(CNC2CC2)=N1. The van der Waals surface area contributed by atoms with E-state index < -0.39 is 9.84 Å². The Morgan fingerprint density at radius 1 is 1.62 bits per heavy atom. The van der Waals surface area contributed by atoms with Gasteiger partial charge >= 0.3 is 0 Å². The number of sulfone groups is 1. The Morgan fingerprint density at radius 2 is 2.31 bits per heavy atom. The molecule has 1 aliphatic carbocycles. The molecule has 72 valence electrons. The minimum Gasteiger partial charge on any atom is -0.308 e. The van der Waals surface area contributed by atoms with Crippen LogP contribution in [0.1, 0.15) is 19.8 Å². The predicted octanol–water partition coefficient (Wildman–Crippen LogP) is 0.427. The molecule has 1 aliphatic heterocycles. The highest BCUT2D eigenvalue weighted by Crippen LogP contribution is 2.19. The Hall–Kier alpha value is -0.680. The standard InChI is InChI=1S/C8H12N2O2S/c1-6-5-13(11,12)8(10-6)4-9-7-2-3-7/h5,7,9H,2-4H2,1H3. The Labute approximate surface area is 77.7 Å². The molecular formula is C8H12N2O2S. The molecule has 0 aromatic heterocycles. The molecule has 1 heterocycles. The van der Waals surface area contributed by atoms with Crippen molar-refractivity contribution in [3.05, 3.63) is 11.1 Å². The van der Waals surface area contributed by atoms with Crippen LogP contribution < -0.4 is 5.32 Å². The van der Waals surface area contributed by atoms with Gasteiger partial charge in [-0.2, -0.15) is 0 Å². The highest BCUT2D eigenvalue weighted by Gasteiger charge is 2.26. The summed E-state index contributed by atoms with van der Waals surface area (Å²) in [6, 6.07) is 0.513. The van der Waals surface area contributed by atoms with Gasteiger partial charge < -0.3 is 5.32 Å². The lowest BCUT2D eigenvalue weighted by Crippen LogP contribution is -2.28. The van der Waals surface area contributed by atoms with Crippen LogP contribution in [0.25, 0.3) is 0 Å². The van der Waals surface area contributed by atoms with E-state index >= 15 is 0 Å². The van der Waals surface area contributed by atoms with Crippen LogP contribution in [-0.2, 0) is 9.84 Å². The number of hydrogen-bond donors (Lipinski definition) is 1. The molecule has 13 heavy (non-hydrogen) atoms. The maximum atomic E-state index is 11.4. The lowest BCUT2D eigenvalue weighted by atomic mass is 10.5. The van der Waals surface area contributed by atoms with Crippen LogP contribution in [0.2, 0.25) is 0 Å². The molecule has 1 fully saturated rings. The fraction of sp³-hybridized carbons (Fsp3) is 0.625. The Bertz CT molecular complexity index is 377.